The zero-order chi connectivity index (χ0) is 19.1. The van der Waals surface area contributed by atoms with Crippen LogP contribution in [0.2, 0.25) is 0 Å². The van der Waals surface area contributed by atoms with E-state index in [1.54, 1.807) is 23.8 Å². The maximum atomic E-state index is 12.8. The molecule has 142 valence electrons. The number of imidazole rings is 1. The highest BCUT2D eigenvalue weighted by atomic mass is 16.3. The number of aromatic nitrogens is 3. The van der Waals surface area contributed by atoms with Gasteiger partial charge in [-0.15, -0.1) is 0 Å². The number of rotatable bonds is 4. The summed E-state index contributed by atoms with van der Waals surface area (Å²) in [5.41, 5.74) is 1.76. The average molecular weight is 369 g/mol. The number of carbonyl (C=O) groups is 1. The molecule has 0 aromatic carbocycles. The fraction of sp³-hybridized carbons (Fsp3) is 0.421. The minimum Gasteiger partial charge on any atom is -0.466 e. The fourth-order valence-corrected chi connectivity index (χ4v) is 3.61. The van der Waals surface area contributed by atoms with Crippen LogP contribution in [0.1, 0.15) is 34.9 Å². The van der Waals surface area contributed by atoms with E-state index in [-0.39, 0.29) is 22.8 Å². The maximum Gasteiger partial charge on any atom is 0.294 e. The lowest BCUT2D eigenvalue weighted by Crippen LogP contribution is -2.37. The molecule has 8 heteroatoms. The van der Waals surface area contributed by atoms with Crippen molar-refractivity contribution < 1.29 is 9.21 Å². The van der Waals surface area contributed by atoms with E-state index in [1.807, 2.05) is 19.9 Å². The molecule has 1 aliphatic rings. The Morgan fingerprint density at radius 3 is 2.89 bits per heavy atom. The Hall–Kier alpha value is -2.87. The highest BCUT2D eigenvalue weighted by Crippen LogP contribution is 2.25. The molecule has 1 saturated heterocycles. The summed E-state index contributed by atoms with van der Waals surface area (Å²) in [5, 5.41) is 6.23. The molecule has 4 rings (SSSR count). The van der Waals surface area contributed by atoms with E-state index >= 15 is 0 Å². The zero-order valence-electron chi connectivity index (χ0n) is 15.7. The SMILES string of the molecule is Cc1cc(-c2cn3cc(C(=O)NC[C@H]4CCCN4)nc3c(=O)n2C)c(C)o1. The van der Waals surface area contributed by atoms with Gasteiger partial charge in [0.25, 0.3) is 11.5 Å². The second kappa shape index (κ2) is 6.70. The van der Waals surface area contributed by atoms with E-state index in [9.17, 15) is 9.59 Å². The first-order valence-electron chi connectivity index (χ1n) is 9.12. The van der Waals surface area contributed by atoms with E-state index < -0.39 is 0 Å². The van der Waals surface area contributed by atoms with Crippen LogP contribution in [0, 0.1) is 13.8 Å². The molecule has 3 aromatic rings. The van der Waals surface area contributed by atoms with Crippen LogP contribution in [0.4, 0.5) is 0 Å². The van der Waals surface area contributed by atoms with Crippen LogP contribution in [-0.4, -0.2) is 39.0 Å². The lowest BCUT2D eigenvalue weighted by atomic mass is 10.2. The summed E-state index contributed by atoms with van der Waals surface area (Å²) in [6.07, 6.45) is 5.58. The van der Waals surface area contributed by atoms with Crippen molar-refractivity contribution in [2.24, 2.45) is 7.05 Å². The van der Waals surface area contributed by atoms with E-state index in [2.05, 4.69) is 15.6 Å². The quantitative estimate of drug-likeness (QED) is 0.725. The number of hydrogen-bond acceptors (Lipinski definition) is 5. The molecule has 2 N–H and O–H groups in total. The van der Waals surface area contributed by atoms with Gasteiger partial charge in [-0.3, -0.25) is 14.0 Å². The van der Waals surface area contributed by atoms with Gasteiger partial charge in [-0.2, -0.15) is 0 Å². The molecule has 1 fully saturated rings. The van der Waals surface area contributed by atoms with Gasteiger partial charge in [-0.05, 0) is 39.3 Å². The Morgan fingerprint density at radius 1 is 1.41 bits per heavy atom. The van der Waals surface area contributed by atoms with Gasteiger partial charge in [0.2, 0.25) is 5.65 Å². The third-order valence-electron chi connectivity index (χ3n) is 5.07. The number of aryl methyl sites for hydroxylation is 2. The van der Waals surface area contributed by atoms with E-state index in [1.165, 1.54) is 4.57 Å². The summed E-state index contributed by atoms with van der Waals surface area (Å²) in [6, 6.07) is 2.20. The zero-order valence-corrected chi connectivity index (χ0v) is 15.7. The Morgan fingerprint density at radius 2 is 2.22 bits per heavy atom. The predicted molar refractivity (Wildman–Crippen MR) is 101 cm³/mol. The summed E-state index contributed by atoms with van der Waals surface area (Å²) in [5.74, 6) is 1.25. The van der Waals surface area contributed by atoms with Gasteiger partial charge in [0.1, 0.15) is 17.2 Å². The highest BCUT2D eigenvalue weighted by Gasteiger charge is 2.19. The van der Waals surface area contributed by atoms with Gasteiger partial charge in [-0.25, -0.2) is 4.98 Å². The van der Waals surface area contributed by atoms with Crippen LogP contribution in [0.25, 0.3) is 16.9 Å². The van der Waals surface area contributed by atoms with Gasteiger partial charge in [-0.1, -0.05) is 0 Å². The largest absolute Gasteiger partial charge is 0.466 e. The lowest BCUT2D eigenvalue weighted by molar-refractivity contribution is 0.0946. The molecule has 3 aromatic heterocycles. The third-order valence-corrected chi connectivity index (χ3v) is 5.07. The first-order valence-corrected chi connectivity index (χ1v) is 9.12. The van der Waals surface area contributed by atoms with Crippen LogP contribution in [0.3, 0.4) is 0 Å². The number of nitrogens with one attached hydrogen (secondary N) is 2. The molecule has 0 aliphatic carbocycles. The summed E-state index contributed by atoms with van der Waals surface area (Å²) in [6.45, 7) is 5.27. The van der Waals surface area contributed by atoms with Gasteiger partial charge in [0, 0.05) is 37.6 Å². The number of hydrogen-bond donors (Lipinski definition) is 2. The molecule has 0 spiro atoms. The predicted octanol–water partition coefficient (Wildman–Crippen LogP) is 1.39. The maximum absolute atomic E-state index is 12.8. The Labute approximate surface area is 156 Å². The molecule has 1 amide bonds. The van der Waals surface area contributed by atoms with Crippen LogP contribution in [0.5, 0.6) is 0 Å². The first-order chi connectivity index (χ1) is 12.9. The molecule has 1 atom stereocenters. The van der Waals surface area contributed by atoms with Gasteiger partial charge < -0.3 is 19.6 Å². The fourth-order valence-electron chi connectivity index (χ4n) is 3.61. The molecule has 0 radical (unpaired) electrons. The van der Waals surface area contributed by atoms with Crippen LogP contribution < -0.4 is 16.2 Å². The van der Waals surface area contributed by atoms with E-state index in [4.69, 9.17) is 4.42 Å². The summed E-state index contributed by atoms with van der Waals surface area (Å²) < 4.78 is 8.73. The number of nitrogens with zero attached hydrogens (tertiary/aromatic N) is 3. The van der Waals surface area contributed by atoms with Crippen molar-refractivity contribution in [1.29, 1.82) is 0 Å². The molecule has 8 nitrogen and oxygen atoms in total. The van der Waals surface area contributed by atoms with Crippen molar-refractivity contribution in [3.63, 3.8) is 0 Å². The lowest BCUT2D eigenvalue weighted by Gasteiger charge is -2.10. The van der Waals surface area contributed by atoms with Crippen molar-refractivity contribution in [1.82, 2.24) is 24.6 Å². The number of fused-ring (bicyclic) bond motifs is 1. The molecule has 27 heavy (non-hydrogen) atoms. The molecule has 1 aliphatic heterocycles. The molecule has 0 saturated carbocycles. The molecule has 0 unspecified atom stereocenters. The second-order valence-electron chi connectivity index (χ2n) is 7.07. The van der Waals surface area contributed by atoms with Crippen LogP contribution in [0.15, 0.2) is 27.7 Å². The summed E-state index contributed by atoms with van der Waals surface area (Å²) in [7, 11) is 1.69. The third kappa shape index (κ3) is 3.16. The summed E-state index contributed by atoms with van der Waals surface area (Å²) >= 11 is 0. The van der Waals surface area contributed by atoms with Crippen molar-refractivity contribution in [3.8, 4) is 11.3 Å². The first kappa shape index (κ1) is 17.5. The topological polar surface area (TPSA) is 93.6 Å². The highest BCUT2D eigenvalue weighted by molar-refractivity contribution is 5.92. The van der Waals surface area contributed by atoms with Crippen molar-refractivity contribution in [2.75, 3.05) is 13.1 Å². The minimum absolute atomic E-state index is 0.225. The Kier molecular flexibility index (Phi) is 4.35. The van der Waals surface area contributed by atoms with Crippen LogP contribution in [-0.2, 0) is 7.05 Å². The smallest absolute Gasteiger partial charge is 0.294 e. The molecular weight excluding hydrogens is 346 g/mol. The van der Waals surface area contributed by atoms with E-state index in [0.29, 0.717) is 18.3 Å². The molecule has 4 heterocycles. The number of furan rings is 1. The van der Waals surface area contributed by atoms with Gasteiger partial charge in [0.15, 0.2) is 0 Å². The normalized spacial score (nSPS) is 16.9. The van der Waals surface area contributed by atoms with Crippen molar-refractivity contribution >= 4 is 11.6 Å². The van der Waals surface area contributed by atoms with Crippen molar-refractivity contribution in [3.05, 3.63) is 46.0 Å². The minimum atomic E-state index is -0.272. The second-order valence-corrected chi connectivity index (χ2v) is 7.07. The Bertz CT molecular complexity index is 1070. The van der Waals surface area contributed by atoms with E-state index in [0.717, 1.165) is 36.5 Å². The molecule has 0 bridgehead atoms. The molecular formula is C19H23N5O3. The monoisotopic (exact) mass is 369 g/mol. The van der Waals surface area contributed by atoms with Crippen molar-refractivity contribution in [2.45, 2.75) is 32.7 Å². The summed E-state index contributed by atoms with van der Waals surface area (Å²) in [4.78, 5) is 29.4. The standard InChI is InChI=1S/C19H23N5O3/c1-11-7-14(12(2)27-11)16-10-24-9-15(22-17(24)19(26)23(16)3)18(25)21-8-13-5-4-6-20-13/h7,9-10,13,20H,4-6,8H2,1-3H3,(H,21,25)/t13-/m1/s1. The van der Waals surface area contributed by atoms with Crippen LogP contribution >= 0.6 is 0 Å². The number of amides is 1. The average Bonchev–Trinajstić information content (AvgIpc) is 3.36. The van der Waals surface area contributed by atoms with Gasteiger partial charge >= 0.3 is 0 Å². The number of carbonyl (C=O) groups excluding carboxylic acids is 1. The Balaban J connectivity index is 1.67. The van der Waals surface area contributed by atoms with Gasteiger partial charge in [0.05, 0.1) is 5.69 Å².